The number of methoxy groups -OCH3 is 1. The van der Waals surface area contributed by atoms with Gasteiger partial charge in [-0.1, -0.05) is 27.2 Å². The number of hydrogen-bond acceptors (Lipinski definition) is 22. The Balaban J connectivity index is 1.21. The Morgan fingerprint density at radius 2 is 1.43 bits per heavy atom. The topological polar surface area (TPSA) is 479 Å². The highest BCUT2D eigenvalue weighted by atomic mass is 32.2. The second-order valence-corrected chi connectivity index (χ2v) is 25.6. The average molecular weight is 1380 g/mol. The number of unbranched alkanes of at least 4 members (excludes halogenated alkanes) is 1. The monoisotopic (exact) mass is 1380 g/mol. The van der Waals surface area contributed by atoms with Gasteiger partial charge >= 0.3 is 0 Å². The number of aromatic amines is 1. The second kappa shape index (κ2) is 38.3. The molecule has 12 amide bonds. The highest BCUT2D eigenvalue weighted by molar-refractivity contribution is 7.98. The minimum atomic E-state index is -2.45. The van der Waals surface area contributed by atoms with Crippen molar-refractivity contribution in [2.24, 2.45) is 17.6 Å². The van der Waals surface area contributed by atoms with E-state index in [2.05, 4.69) is 47.5 Å². The Hall–Kier alpha value is -7.48. The summed E-state index contributed by atoms with van der Waals surface area (Å²) < 4.78 is 43.0. The average Bonchev–Trinajstić information content (AvgIpc) is 1.63. The van der Waals surface area contributed by atoms with Crippen molar-refractivity contribution in [3.63, 3.8) is 0 Å². The van der Waals surface area contributed by atoms with Crippen molar-refractivity contribution >= 4 is 105 Å². The molecular weight excluding hydrogens is 1290 g/mol. The minimum Gasteiger partial charge on any atom is -0.610 e. The molecule has 1 aromatic carbocycles. The molecule has 2 bridgehead atoms. The molecule has 0 saturated carbocycles. The molecule has 526 valence electrons. The normalized spacial score (nSPS) is 23.7. The number of carbonyl (C=O) groups is 12. The molecule has 14 N–H and O–H groups in total. The summed E-state index contributed by atoms with van der Waals surface area (Å²) in [4.78, 5) is 168. The lowest BCUT2D eigenvalue weighted by molar-refractivity contribution is -0.144. The van der Waals surface area contributed by atoms with Crippen LogP contribution in [0.5, 0.6) is 5.75 Å². The van der Waals surface area contributed by atoms with Gasteiger partial charge in [0.2, 0.25) is 64.1 Å². The lowest BCUT2D eigenvalue weighted by atomic mass is 9.93. The first-order valence-electron chi connectivity index (χ1n) is 31.3. The maximum Gasteiger partial charge on any atom is 0.253 e. The molecule has 1 aromatic heterocycles. The highest BCUT2D eigenvalue weighted by Crippen LogP contribution is 2.37. The number of fused-ring (bicyclic) bond motifs is 5. The summed E-state index contributed by atoms with van der Waals surface area (Å²) in [7, 11) is 1.43. The first-order valence-corrected chi connectivity index (χ1v) is 33.8. The van der Waals surface area contributed by atoms with Crippen LogP contribution >= 0.6 is 11.8 Å². The Morgan fingerprint density at radius 3 is 2.07 bits per heavy atom. The SMILES string of the molecule is CC[C@H](C)[C@@H]1NC(=O)CNC(=O)[C@@H]2Cc3c([nH]c4c(CSCCCCNC(=O)CCOCCOCCOCCOCCN5C(=O)C=CC5=O)c(OC)ccc34)[S+]([O-])C[C@H](NC(=O)CNC1=O)C(=O)NC(CC(N)=O)C(=O)N1C[C@H](O)CC1C(=O)N[C@@H]([C@@H](C)[C@@H](O)CO)C(=O)N2. The number of hydrogen-bond donors (Lipinski definition) is 13. The van der Waals surface area contributed by atoms with Crippen LogP contribution in [0.15, 0.2) is 29.3 Å². The number of aliphatic hydroxyl groups is 3. The van der Waals surface area contributed by atoms with Gasteiger partial charge in [-0.2, -0.15) is 11.8 Å². The quantitative estimate of drug-likeness (QED) is 0.0198. The standard InChI is InChI=1S/C60H88N12O21S2/c1-5-33(2)51-57(85)64-27-47(78)65-41-32-95(88)59-37(25-39(54(82)63-28-48(79)68-51)66-58(86)52(34(3)43(75)30-73)69-56(84)42-24-35(74)29-72(42)60(87)40(26-45(61)76)67-55(41)83)36-8-9-44(89-4)38(53(36)70-59)31-94-23-7-6-13-62-46(77)12-15-90-17-19-92-21-22-93-20-18-91-16-14-71-49(80)10-11-50(71)81/h8-11,33-35,39-43,51-52,70,73-75H,5-7,12-32H2,1-4H3,(H2,61,76)(H,62,77)(H,63,82)(H,64,85)(H,65,78)(H,66,86)(H,67,83)(H,68,79)(H,69,84)/t33-,34-,35+,39-,40?,41-,42?,43-,51-,52-,95?/m0/s1. The van der Waals surface area contributed by atoms with Gasteiger partial charge in [0.25, 0.3) is 11.8 Å². The first kappa shape index (κ1) is 76.5. The zero-order chi connectivity index (χ0) is 69.3. The number of H-pyrrole nitrogens is 1. The summed E-state index contributed by atoms with van der Waals surface area (Å²) in [6.45, 7) is 4.32. The van der Waals surface area contributed by atoms with E-state index in [1.165, 1.54) is 37.9 Å². The van der Waals surface area contributed by atoms with E-state index >= 15 is 4.55 Å². The zero-order valence-corrected chi connectivity index (χ0v) is 55.2. The van der Waals surface area contributed by atoms with Crippen LogP contribution in [0, 0.1) is 11.8 Å². The van der Waals surface area contributed by atoms with Crippen LogP contribution in [0.2, 0.25) is 0 Å². The summed E-state index contributed by atoms with van der Waals surface area (Å²) in [5, 5.41) is 52.5. The van der Waals surface area contributed by atoms with E-state index < -0.39 is 176 Å². The van der Waals surface area contributed by atoms with Crippen molar-refractivity contribution in [2.45, 2.75) is 125 Å². The van der Waals surface area contributed by atoms with Gasteiger partial charge in [0.05, 0.1) is 110 Å². The van der Waals surface area contributed by atoms with Gasteiger partial charge in [0.1, 0.15) is 41.7 Å². The lowest BCUT2D eigenvalue weighted by Gasteiger charge is -2.32. The number of primary amides is 1. The van der Waals surface area contributed by atoms with E-state index in [9.17, 15) is 72.9 Å². The summed E-state index contributed by atoms with van der Waals surface area (Å²) >= 11 is -0.968. The Bertz CT molecular complexity index is 3070. The number of rotatable bonds is 30. The van der Waals surface area contributed by atoms with E-state index in [1.807, 2.05) is 0 Å². The molecule has 3 unspecified atom stereocenters. The van der Waals surface area contributed by atoms with Gasteiger partial charge in [-0.15, -0.1) is 0 Å². The van der Waals surface area contributed by atoms with Crippen molar-refractivity contribution in [1.29, 1.82) is 0 Å². The fourth-order valence-electron chi connectivity index (χ4n) is 10.7. The summed E-state index contributed by atoms with van der Waals surface area (Å²) in [6, 6.07) is -6.98. The Kier molecular flexibility index (Phi) is 30.9. The van der Waals surface area contributed by atoms with Gasteiger partial charge in [-0.05, 0) is 36.6 Å². The van der Waals surface area contributed by atoms with Crippen LogP contribution in [0.1, 0.15) is 70.4 Å². The molecule has 1 fully saturated rings. The number of nitrogens with two attached hydrogens (primary N) is 1. The number of aromatic nitrogens is 1. The molecule has 33 nitrogen and oxygen atoms in total. The molecular formula is C60H88N12O21S2. The largest absolute Gasteiger partial charge is 0.610 e. The number of nitrogens with one attached hydrogen (secondary N) is 9. The number of nitrogens with zero attached hydrogens (tertiary/aromatic N) is 2. The summed E-state index contributed by atoms with van der Waals surface area (Å²) in [6.07, 6.45) is -0.790. The zero-order valence-electron chi connectivity index (χ0n) is 53.5. The van der Waals surface area contributed by atoms with Crippen molar-refractivity contribution in [3.8, 4) is 5.75 Å². The molecule has 1 saturated heterocycles. The van der Waals surface area contributed by atoms with Crippen molar-refractivity contribution < 1.29 is 101 Å². The van der Waals surface area contributed by atoms with Crippen LogP contribution in [0.3, 0.4) is 0 Å². The van der Waals surface area contributed by atoms with E-state index in [0.29, 0.717) is 73.6 Å². The number of aliphatic hydroxyl groups excluding tert-OH is 3. The van der Waals surface area contributed by atoms with Crippen molar-refractivity contribution in [1.82, 2.24) is 57.3 Å². The van der Waals surface area contributed by atoms with Crippen molar-refractivity contribution in [3.05, 3.63) is 35.4 Å². The smallest absolute Gasteiger partial charge is 0.253 e. The molecule has 95 heavy (non-hydrogen) atoms. The molecule has 0 radical (unpaired) electrons. The number of amides is 12. The molecule has 4 aliphatic heterocycles. The molecule has 11 atom stereocenters. The third kappa shape index (κ3) is 22.6. The molecule has 2 aromatic rings. The number of carbonyl (C=O) groups excluding carboxylic acids is 12. The number of imide groups is 1. The van der Waals surface area contributed by atoms with E-state index in [4.69, 9.17) is 29.4 Å². The predicted octanol–water partition coefficient (Wildman–Crippen LogP) is -5.11. The molecule has 0 aliphatic carbocycles. The fraction of sp³-hybridized carbons (Fsp3) is 0.633. The molecule has 4 aliphatic rings. The number of thioether (sulfide) groups is 1. The molecule has 5 heterocycles. The van der Waals surface area contributed by atoms with E-state index in [1.54, 1.807) is 26.0 Å². The highest BCUT2D eigenvalue weighted by Gasteiger charge is 2.46. The minimum absolute atomic E-state index is 0.107. The van der Waals surface area contributed by atoms with Gasteiger partial charge in [0.15, 0.2) is 6.04 Å². The van der Waals surface area contributed by atoms with Crippen LogP contribution in [0.4, 0.5) is 0 Å². The predicted molar refractivity (Wildman–Crippen MR) is 339 cm³/mol. The van der Waals surface area contributed by atoms with Crippen LogP contribution in [-0.4, -0.2) is 265 Å². The van der Waals surface area contributed by atoms with Crippen molar-refractivity contribution in [2.75, 3.05) is 111 Å². The first-order chi connectivity index (χ1) is 45.5. The second-order valence-electron chi connectivity index (χ2n) is 23.1. The van der Waals surface area contributed by atoms with Crippen LogP contribution < -0.4 is 53.0 Å². The Labute approximate surface area is 555 Å². The molecule has 6 rings (SSSR count). The number of benzene rings is 1. The van der Waals surface area contributed by atoms with E-state index in [0.717, 1.165) is 9.80 Å². The number of ether oxygens (including phenoxy) is 5. The van der Waals surface area contributed by atoms with Gasteiger partial charge in [-0.25, -0.2) is 0 Å². The maximum absolute atomic E-state index is 15.3. The third-order valence-corrected chi connectivity index (χ3v) is 18.8. The van der Waals surface area contributed by atoms with Crippen LogP contribution in [-0.2, 0) is 99.8 Å². The van der Waals surface area contributed by atoms with Crippen LogP contribution in [0.25, 0.3) is 10.9 Å². The van der Waals surface area contributed by atoms with Gasteiger partial charge in [0, 0.05) is 83.9 Å². The third-order valence-electron chi connectivity index (χ3n) is 16.2. The van der Waals surface area contributed by atoms with Gasteiger partial charge in [-0.3, -0.25) is 62.4 Å². The maximum atomic E-state index is 15.3. The molecule has 35 heteroatoms. The summed E-state index contributed by atoms with van der Waals surface area (Å²) in [5.41, 5.74) is 6.57. The molecule has 0 spiro atoms. The summed E-state index contributed by atoms with van der Waals surface area (Å²) in [5.74, 6) is -11.8. The lowest BCUT2D eigenvalue weighted by Crippen LogP contribution is -2.62. The van der Waals surface area contributed by atoms with E-state index in [-0.39, 0.29) is 80.1 Å². The Morgan fingerprint density at radius 1 is 0.789 bits per heavy atom. The van der Waals surface area contributed by atoms with Gasteiger partial charge < -0.3 is 102 Å². The fourth-order valence-corrected chi connectivity index (χ4v) is 13.1.